The predicted octanol–water partition coefficient (Wildman–Crippen LogP) is 2.41. The first-order chi connectivity index (χ1) is 9.65. The van der Waals surface area contributed by atoms with Crippen LogP contribution in [0.5, 0.6) is 5.75 Å². The Morgan fingerprint density at radius 3 is 2.67 bits per heavy atom. The first-order valence-corrected chi connectivity index (χ1v) is 8.28. The summed E-state index contributed by atoms with van der Waals surface area (Å²) in [5, 5.41) is 0. The highest BCUT2D eigenvalue weighted by Gasteiger charge is 2.32. The van der Waals surface area contributed by atoms with Crippen molar-refractivity contribution in [2.75, 3.05) is 11.5 Å². The molecule has 1 heterocycles. The second-order valence-electron chi connectivity index (χ2n) is 5.23. The van der Waals surface area contributed by atoms with Crippen LogP contribution in [0.3, 0.4) is 0 Å². The van der Waals surface area contributed by atoms with Gasteiger partial charge in [0.15, 0.2) is 9.84 Å². The third-order valence-corrected chi connectivity index (χ3v) is 5.27. The molecule has 0 amide bonds. The lowest BCUT2D eigenvalue weighted by atomic mass is 9.95. The second-order valence-corrected chi connectivity index (χ2v) is 7.46. The van der Waals surface area contributed by atoms with E-state index in [4.69, 9.17) is 5.73 Å². The first kappa shape index (κ1) is 16.1. The summed E-state index contributed by atoms with van der Waals surface area (Å²) in [6, 6.07) is 4.96. The van der Waals surface area contributed by atoms with Crippen LogP contribution < -0.4 is 10.5 Å². The smallest absolute Gasteiger partial charge is 0.406 e. The molecule has 118 valence electrons. The van der Waals surface area contributed by atoms with Gasteiger partial charge in [0.25, 0.3) is 0 Å². The van der Waals surface area contributed by atoms with Gasteiger partial charge >= 0.3 is 6.36 Å². The monoisotopic (exact) mass is 323 g/mol. The molecule has 0 bridgehead atoms. The van der Waals surface area contributed by atoms with E-state index in [1.54, 1.807) is 6.07 Å². The number of ether oxygens (including phenoxy) is 1. The van der Waals surface area contributed by atoms with Gasteiger partial charge in [-0.2, -0.15) is 0 Å². The molecule has 1 aromatic rings. The summed E-state index contributed by atoms with van der Waals surface area (Å²) >= 11 is 0. The fraction of sp³-hybridized carbons (Fsp3) is 0.538. The van der Waals surface area contributed by atoms with Crippen molar-refractivity contribution in [3.63, 3.8) is 0 Å². The number of halogens is 3. The van der Waals surface area contributed by atoms with E-state index in [9.17, 15) is 21.6 Å². The Kier molecular flexibility index (Phi) is 4.48. The summed E-state index contributed by atoms with van der Waals surface area (Å²) in [6.45, 7) is 0. The van der Waals surface area contributed by atoms with Crippen molar-refractivity contribution in [3.8, 4) is 5.75 Å². The largest absolute Gasteiger partial charge is 0.573 e. The number of nitrogens with two attached hydrogens (primary N) is 1. The minimum Gasteiger partial charge on any atom is -0.406 e. The minimum absolute atomic E-state index is 0.0443. The van der Waals surface area contributed by atoms with Crippen LogP contribution in [0.15, 0.2) is 24.3 Å². The van der Waals surface area contributed by atoms with Crippen LogP contribution >= 0.6 is 0 Å². The van der Waals surface area contributed by atoms with Gasteiger partial charge in [-0.05, 0) is 36.5 Å². The van der Waals surface area contributed by atoms with Crippen molar-refractivity contribution >= 4 is 9.84 Å². The van der Waals surface area contributed by atoms with Crippen LogP contribution in [0.1, 0.15) is 24.4 Å². The first-order valence-electron chi connectivity index (χ1n) is 6.46. The van der Waals surface area contributed by atoms with Gasteiger partial charge in [0.1, 0.15) is 5.75 Å². The highest BCUT2D eigenvalue weighted by molar-refractivity contribution is 7.91. The highest BCUT2D eigenvalue weighted by Crippen LogP contribution is 2.30. The van der Waals surface area contributed by atoms with Gasteiger partial charge in [0.05, 0.1) is 11.5 Å². The molecule has 1 aliphatic heterocycles. The number of hydrogen-bond acceptors (Lipinski definition) is 4. The average Bonchev–Trinajstić information content (AvgIpc) is 2.66. The predicted molar refractivity (Wildman–Crippen MR) is 71.4 cm³/mol. The van der Waals surface area contributed by atoms with Crippen molar-refractivity contribution < 1.29 is 26.3 Å². The number of hydrogen-bond donors (Lipinski definition) is 1. The zero-order chi connectivity index (χ0) is 15.7. The van der Waals surface area contributed by atoms with E-state index in [0.717, 1.165) is 0 Å². The topological polar surface area (TPSA) is 69.4 Å². The SMILES string of the molecule is NC(CC1CCS(=O)(=O)C1)c1cccc(OC(F)(F)F)c1. The number of alkyl halides is 3. The van der Waals surface area contributed by atoms with Gasteiger partial charge in [0, 0.05) is 6.04 Å². The van der Waals surface area contributed by atoms with Crippen molar-refractivity contribution in [2.45, 2.75) is 25.2 Å². The number of sulfone groups is 1. The molecule has 0 aliphatic carbocycles. The van der Waals surface area contributed by atoms with Gasteiger partial charge < -0.3 is 10.5 Å². The van der Waals surface area contributed by atoms with Crippen LogP contribution in [-0.2, 0) is 9.84 Å². The summed E-state index contributed by atoms with van der Waals surface area (Å²) < 4.78 is 63.1. The standard InChI is InChI=1S/C13H16F3NO3S/c14-13(15,16)20-11-3-1-2-10(7-11)12(17)6-9-4-5-21(18,19)8-9/h1-3,7,9,12H,4-6,8,17H2. The molecule has 0 spiro atoms. The van der Waals surface area contributed by atoms with E-state index >= 15 is 0 Å². The summed E-state index contributed by atoms with van der Waals surface area (Å²) in [4.78, 5) is 0. The van der Waals surface area contributed by atoms with Gasteiger partial charge in [-0.1, -0.05) is 12.1 Å². The molecule has 1 aliphatic rings. The molecule has 1 fully saturated rings. The summed E-state index contributed by atoms with van der Waals surface area (Å²) in [5.41, 5.74) is 6.47. The lowest BCUT2D eigenvalue weighted by molar-refractivity contribution is -0.274. The fourth-order valence-corrected chi connectivity index (χ4v) is 4.38. The van der Waals surface area contributed by atoms with Gasteiger partial charge in [-0.3, -0.25) is 0 Å². The molecule has 2 unspecified atom stereocenters. The van der Waals surface area contributed by atoms with E-state index in [1.807, 2.05) is 0 Å². The third kappa shape index (κ3) is 4.89. The maximum atomic E-state index is 12.2. The van der Waals surface area contributed by atoms with E-state index in [0.29, 0.717) is 18.4 Å². The molecule has 4 nitrogen and oxygen atoms in total. The van der Waals surface area contributed by atoms with E-state index in [2.05, 4.69) is 4.74 Å². The normalized spacial score (nSPS) is 23.0. The molecule has 8 heteroatoms. The third-order valence-electron chi connectivity index (χ3n) is 3.43. The molecule has 0 radical (unpaired) electrons. The second kappa shape index (κ2) is 5.84. The molecule has 21 heavy (non-hydrogen) atoms. The van der Waals surface area contributed by atoms with E-state index in [1.165, 1.54) is 18.2 Å². The lowest BCUT2D eigenvalue weighted by Gasteiger charge is -2.17. The number of benzene rings is 1. The van der Waals surface area contributed by atoms with Crippen LogP contribution in [0, 0.1) is 5.92 Å². The Hall–Kier alpha value is -1.28. The number of rotatable bonds is 4. The van der Waals surface area contributed by atoms with Crippen LogP contribution in [0.2, 0.25) is 0 Å². The van der Waals surface area contributed by atoms with E-state index in [-0.39, 0.29) is 23.2 Å². The Balaban J connectivity index is 2.02. The van der Waals surface area contributed by atoms with Crippen molar-refractivity contribution in [1.29, 1.82) is 0 Å². The molecular weight excluding hydrogens is 307 g/mol. The van der Waals surface area contributed by atoms with Crippen molar-refractivity contribution in [2.24, 2.45) is 11.7 Å². The molecule has 2 rings (SSSR count). The van der Waals surface area contributed by atoms with Gasteiger partial charge in [-0.15, -0.1) is 13.2 Å². The van der Waals surface area contributed by atoms with Gasteiger partial charge in [0.2, 0.25) is 0 Å². The van der Waals surface area contributed by atoms with Crippen LogP contribution in [0.4, 0.5) is 13.2 Å². The molecule has 0 saturated carbocycles. The summed E-state index contributed by atoms with van der Waals surface area (Å²) in [5.74, 6) is -0.118. The van der Waals surface area contributed by atoms with Crippen LogP contribution in [0.25, 0.3) is 0 Å². The Morgan fingerprint density at radius 2 is 2.10 bits per heavy atom. The molecule has 2 atom stereocenters. The zero-order valence-corrected chi connectivity index (χ0v) is 12.0. The molecular formula is C13H16F3NO3S. The molecule has 1 saturated heterocycles. The maximum Gasteiger partial charge on any atom is 0.573 e. The summed E-state index contributed by atoms with van der Waals surface area (Å²) in [7, 11) is -2.98. The highest BCUT2D eigenvalue weighted by atomic mass is 32.2. The quantitative estimate of drug-likeness (QED) is 0.924. The fourth-order valence-electron chi connectivity index (χ4n) is 2.50. The Bertz CT molecular complexity index is 601. The molecule has 0 aromatic heterocycles. The summed E-state index contributed by atoms with van der Waals surface area (Å²) in [6.07, 6.45) is -3.77. The molecule has 2 N–H and O–H groups in total. The van der Waals surface area contributed by atoms with Crippen molar-refractivity contribution in [1.82, 2.24) is 0 Å². The minimum atomic E-state index is -4.75. The Morgan fingerprint density at radius 1 is 1.38 bits per heavy atom. The molecule has 1 aromatic carbocycles. The van der Waals surface area contributed by atoms with Crippen LogP contribution in [-0.4, -0.2) is 26.3 Å². The average molecular weight is 323 g/mol. The van der Waals surface area contributed by atoms with E-state index < -0.39 is 22.2 Å². The maximum absolute atomic E-state index is 12.2. The van der Waals surface area contributed by atoms with Crippen molar-refractivity contribution in [3.05, 3.63) is 29.8 Å². The lowest BCUT2D eigenvalue weighted by Crippen LogP contribution is -2.19. The Labute approximate surface area is 121 Å². The van der Waals surface area contributed by atoms with Gasteiger partial charge in [-0.25, -0.2) is 8.42 Å². The zero-order valence-electron chi connectivity index (χ0n) is 11.1.